The number of nitrogens with zero attached hydrogens (tertiary/aromatic N) is 1. The first kappa shape index (κ1) is 6.05. The smallest absolute Gasteiger partial charge is 0.426 e. The summed E-state index contributed by atoms with van der Waals surface area (Å²) in [6, 6.07) is -3.50. The van der Waals surface area contributed by atoms with Gasteiger partial charge in [0.15, 0.2) is 0 Å². The van der Waals surface area contributed by atoms with Crippen molar-refractivity contribution >= 4 is 16.4 Å². The van der Waals surface area contributed by atoms with Gasteiger partial charge in [-0.15, -0.1) is 0 Å². The van der Waals surface area contributed by atoms with Gasteiger partial charge in [-0.25, -0.2) is 4.79 Å². The van der Waals surface area contributed by atoms with Gasteiger partial charge in [0.05, 0.1) is 16.7 Å². The van der Waals surface area contributed by atoms with E-state index in [4.69, 9.17) is 13.0 Å². The quantitative estimate of drug-likeness (QED) is 0.631. The Bertz CT molecular complexity index is 552. The lowest BCUT2D eigenvalue weighted by molar-refractivity contribution is 0.0366. The van der Waals surface area contributed by atoms with E-state index in [9.17, 15) is 13.2 Å². The molecule has 1 atom stereocenters. The molecule has 15 heavy (non-hydrogen) atoms. The van der Waals surface area contributed by atoms with Crippen molar-refractivity contribution in [2.24, 2.45) is 0 Å². The molecule has 1 amide bonds. The van der Waals surface area contributed by atoms with E-state index in [1.807, 2.05) is 0 Å². The molecule has 1 aliphatic rings. The van der Waals surface area contributed by atoms with Crippen LogP contribution >= 0.6 is 0 Å². The maximum Gasteiger partial charge on any atom is 0.426 e. The van der Waals surface area contributed by atoms with E-state index in [1.54, 1.807) is 0 Å². The van der Waals surface area contributed by atoms with Gasteiger partial charge in [0.2, 0.25) is 0 Å². The van der Waals surface area contributed by atoms with Crippen LogP contribution in [0.1, 0.15) is 35.8 Å². The van der Waals surface area contributed by atoms with Crippen molar-refractivity contribution in [2.45, 2.75) is 39.2 Å². The number of rotatable bonds is 0. The largest absolute Gasteiger partial charge is 0.443 e. The first-order valence-corrected chi connectivity index (χ1v) is 5.31. The summed E-state index contributed by atoms with van der Waals surface area (Å²) in [7, 11) is -5.12. The Hall–Kier alpha value is -0.820. The van der Waals surface area contributed by atoms with Crippen molar-refractivity contribution < 1.29 is 30.4 Å². The first-order valence-electron chi connectivity index (χ1n) is 6.95. The second kappa shape index (κ2) is 3.64. The van der Waals surface area contributed by atoms with Gasteiger partial charge in [-0.05, 0) is 27.6 Å². The highest BCUT2D eigenvalue weighted by Crippen LogP contribution is 2.21. The van der Waals surface area contributed by atoms with Gasteiger partial charge in [-0.1, -0.05) is 0 Å². The summed E-state index contributed by atoms with van der Waals surface area (Å²) < 4.78 is 75.9. The zero-order chi connectivity index (χ0) is 17.1. The van der Waals surface area contributed by atoms with Crippen LogP contribution in [-0.2, 0) is 19.2 Å². The van der Waals surface area contributed by atoms with Crippen LogP contribution in [0, 0.1) is 0 Å². The number of carbonyl (C=O) groups excluding carboxylic acids is 1. The van der Waals surface area contributed by atoms with E-state index in [0.29, 0.717) is 0 Å². The second-order valence-corrected chi connectivity index (χ2v) is 5.12. The molecule has 88 valence electrons. The molecule has 0 saturated carbocycles. The fourth-order valence-electron chi connectivity index (χ4n) is 0.769. The van der Waals surface area contributed by atoms with E-state index in [0.717, 1.165) is 0 Å². The molecule has 1 heterocycles. The summed E-state index contributed by atoms with van der Waals surface area (Å²) in [5.41, 5.74) is -1.18. The van der Waals surface area contributed by atoms with Gasteiger partial charge >= 0.3 is 16.4 Å². The van der Waals surface area contributed by atoms with E-state index in [2.05, 4.69) is 4.18 Å². The molecule has 0 bridgehead atoms. The molecule has 7 heteroatoms. The number of hydrogen-bond donors (Lipinski definition) is 0. The van der Waals surface area contributed by atoms with Crippen LogP contribution in [0.25, 0.3) is 0 Å². The fraction of sp³-hybridized carbons (Fsp3) is 0.875. The number of carbonyl (C=O) groups is 1. The topological polar surface area (TPSA) is 72.9 Å². The van der Waals surface area contributed by atoms with Crippen molar-refractivity contribution in [3.63, 3.8) is 0 Å². The fourth-order valence-corrected chi connectivity index (χ4v) is 1.51. The lowest BCUT2D eigenvalue weighted by atomic mass is 10.2. The standard InChI is InChI=1S/C8H15NO5S/c1-6-5-13-15(11,12)9(6)7(10)14-8(2,3)4/h6H,5H2,1-4H3/i1D3,5D2,6D. The summed E-state index contributed by atoms with van der Waals surface area (Å²) in [5, 5.41) is 0. The van der Waals surface area contributed by atoms with E-state index >= 15 is 0 Å². The minimum Gasteiger partial charge on any atom is -0.443 e. The minimum absolute atomic E-state index is 0.516. The van der Waals surface area contributed by atoms with Gasteiger partial charge < -0.3 is 4.74 Å². The predicted octanol–water partition coefficient (Wildman–Crippen LogP) is 0.887. The molecule has 1 fully saturated rings. The predicted molar refractivity (Wildman–Crippen MR) is 52.4 cm³/mol. The normalized spacial score (nSPS) is 40.3. The second-order valence-electron chi connectivity index (χ2n) is 3.74. The first-order chi connectivity index (χ1) is 8.96. The Morgan fingerprint density at radius 2 is 2.33 bits per heavy atom. The maximum atomic E-state index is 11.9. The molecule has 0 radical (unpaired) electrons. The molecule has 1 saturated heterocycles. The maximum absolute atomic E-state index is 11.9. The van der Waals surface area contributed by atoms with E-state index in [-0.39, 0.29) is 0 Å². The van der Waals surface area contributed by atoms with Crippen LogP contribution in [0.3, 0.4) is 0 Å². The van der Waals surface area contributed by atoms with Crippen molar-refractivity contribution in [3.05, 3.63) is 0 Å². The SMILES string of the molecule is [2H]C([2H])([2H])C1([2H])N(C(=O)OC(C)(C)C)S(=O)(=O)OC1([2H])[2H]. The van der Waals surface area contributed by atoms with Crippen LogP contribution in [-0.4, -0.2) is 37.0 Å². The summed E-state index contributed by atoms with van der Waals surface area (Å²) in [6.07, 6.45) is -1.70. The highest BCUT2D eigenvalue weighted by Gasteiger charge is 2.42. The van der Waals surface area contributed by atoms with Crippen molar-refractivity contribution in [3.8, 4) is 0 Å². The minimum atomic E-state index is -5.12. The molecule has 1 unspecified atom stereocenters. The van der Waals surface area contributed by atoms with Gasteiger partial charge in [0.1, 0.15) is 5.60 Å². The summed E-state index contributed by atoms with van der Waals surface area (Å²) in [4.78, 5) is 11.9. The van der Waals surface area contributed by atoms with E-state index in [1.165, 1.54) is 20.8 Å². The molecule has 0 spiro atoms. The van der Waals surface area contributed by atoms with Gasteiger partial charge in [0.25, 0.3) is 0 Å². The molecule has 0 N–H and O–H groups in total. The Morgan fingerprint density at radius 3 is 2.80 bits per heavy atom. The number of amides is 1. The number of ether oxygens (including phenoxy) is 1. The highest BCUT2D eigenvalue weighted by atomic mass is 32.2. The van der Waals surface area contributed by atoms with Crippen LogP contribution in [0.15, 0.2) is 0 Å². The van der Waals surface area contributed by atoms with Gasteiger partial charge in [0, 0.05) is 4.11 Å². The van der Waals surface area contributed by atoms with Crippen LogP contribution in [0.5, 0.6) is 0 Å². The third-order valence-electron chi connectivity index (χ3n) is 1.23. The lowest BCUT2D eigenvalue weighted by Gasteiger charge is -2.24. The molecule has 6 nitrogen and oxygen atoms in total. The van der Waals surface area contributed by atoms with Crippen LogP contribution in [0.4, 0.5) is 4.79 Å². The zero-order valence-corrected chi connectivity index (χ0v) is 9.21. The lowest BCUT2D eigenvalue weighted by Crippen LogP contribution is -2.41. The molecule has 0 aromatic heterocycles. The Kier molecular flexibility index (Phi) is 1.47. The molecule has 0 aliphatic carbocycles. The monoisotopic (exact) mass is 243 g/mol. The van der Waals surface area contributed by atoms with Crippen molar-refractivity contribution in [1.29, 1.82) is 0 Å². The van der Waals surface area contributed by atoms with Gasteiger partial charge in [-0.2, -0.15) is 12.7 Å². The molecular formula is C8H15NO5S. The van der Waals surface area contributed by atoms with E-state index < -0.39 is 45.7 Å². The third kappa shape index (κ3) is 2.82. The molecule has 1 rings (SSSR count). The van der Waals surface area contributed by atoms with Crippen LogP contribution in [0.2, 0.25) is 0 Å². The Labute approximate surface area is 97.8 Å². The molecule has 0 aromatic rings. The van der Waals surface area contributed by atoms with Crippen molar-refractivity contribution in [1.82, 2.24) is 4.31 Å². The average Bonchev–Trinajstić information content (AvgIpc) is 2.23. The van der Waals surface area contributed by atoms with Gasteiger partial charge in [-0.3, -0.25) is 4.18 Å². The third-order valence-corrected chi connectivity index (χ3v) is 2.30. The van der Waals surface area contributed by atoms with Crippen LogP contribution < -0.4 is 0 Å². The Morgan fingerprint density at radius 1 is 1.73 bits per heavy atom. The molecule has 1 aliphatic heterocycles. The highest BCUT2D eigenvalue weighted by molar-refractivity contribution is 7.85. The Balaban J connectivity index is 3.48. The molecule has 0 aromatic carbocycles. The number of hydrogen-bond acceptors (Lipinski definition) is 5. The average molecular weight is 243 g/mol. The molecular weight excluding hydrogens is 222 g/mol. The van der Waals surface area contributed by atoms with Crippen molar-refractivity contribution in [2.75, 3.05) is 6.56 Å². The zero-order valence-electron chi connectivity index (χ0n) is 14.4. The summed E-state index contributed by atoms with van der Waals surface area (Å²) >= 11 is 0. The summed E-state index contributed by atoms with van der Waals surface area (Å²) in [6.45, 7) is -2.79. The summed E-state index contributed by atoms with van der Waals surface area (Å²) in [5.74, 6) is 0.